The van der Waals surface area contributed by atoms with E-state index >= 15 is 0 Å². The van der Waals surface area contributed by atoms with Crippen LogP contribution in [0.4, 0.5) is 0 Å². The van der Waals surface area contributed by atoms with Crippen LogP contribution in [0.15, 0.2) is 30.3 Å². The number of hydrogen-bond donors (Lipinski definition) is 2. The summed E-state index contributed by atoms with van der Waals surface area (Å²) in [5.41, 5.74) is 4.08. The molecule has 0 radical (unpaired) electrons. The van der Waals surface area contributed by atoms with Crippen LogP contribution in [0.3, 0.4) is 0 Å². The highest BCUT2D eigenvalue weighted by Gasteiger charge is 2.58. The van der Waals surface area contributed by atoms with Crippen LogP contribution in [0, 0.1) is 0 Å². The second-order valence-electron chi connectivity index (χ2n) is 3.64. The summed E-state index contributed by atoms with van der Waals surface area (Å²) in [5.74, 6) is -3.13. The van der Waals surface area contributed by atoms with Gasteiger partial charge in [-0.3, -0.25) is 5.73 Å². The number of carbonyl (C=O) groups is 1. The number of carboxylic acid groups (broad SMARTS) is 1. The molecule has 1 rings (SSSR count). The van der Waals surface area contributed by atoms with Crippen LogP contribution in [0.1, 0.15) is 5.56 Å². The average molecular weight is 255 g/mol. The van der Waals surface area contributed by atoms with Gasteiger partial charge in [0.15, 0.2) is 0 Å². The number of benzene rings is 1. The molecule has 0 heterocycles. The Balaban J connectivity index is 3.44. The summed E-state index contributed by atoms with van der Waals surface area (Å²) >= 11 is 0. The van der Waals surface area contributed by atoms with Gasteiger partial charge in [0.25, 0.3) is 5.72 Å². The SMILES string of the molecule is COC(OC)(c1ccccc1)[C@@](N)(OC)C(=O)O. The molecule has 0 aliphatic heterocycles. The van der Waals surface area contributed by atoms with E-state index in [2.05, 4.69) is 0 Å². The standard InChI is InChI=1S/C12H17NO5/c1-16-11(13,10(14)15)12(17-2,18-3)9-7-5-4-6-8-9/h4-8H,13H2,1-3H3,(H,14,15)/t11-/m0/s1. The Kier molecular flexibility index (Phi) is 4.42. The predicted molar refractivity (Wildman–Crippen MR) is 63.7 cm³/mol. The van der Waals surface area contributed by atoms with Gasteiger partial charge >= 0.3 is 5.97 Å². The van der Waals surface area contributed by atoms with Crippen molar-refractivity contribution in [3.63, 3.8) is 0 Å². The van der Waals surface area contributed by atoms with Gasteiger partial charge in [-0.1, -0.05) is 30.3 Å². The van der Waals surface area contributed by atoms with Gasteiger partial charge in [0, 0.05) is 26.9 Å². The monoisotopic (exact) mass is 255 g/mol. The molecule has 0 saturated heterocycles. The third-order valence-electron chi connectivity index (χ3n) is 2.86. The van der Waals surface area contributed by atoms with Crippen molar-refractivity contribution in [3.05, 3.63) is 35.9 Å². The minimum atomic E-state index is -2.17. The molecule has 0 amide bonds. The summed E-state index contributed by atoms with van der Waals surface area (Å²) < 4.78 is 15.4. The highest BCUT2D eigenvalue weighted by atomic mass is 16.7. The summed E-state index contributed by atoms with van der Waals surface area (Å²) in [6, 6.07) is 8.53. The molecule has 0 bridgehead atoms. The fourth-order valence-electron chi connectivity index (χ4n) is 1.86. The molecule has 0 aromatic heterocycles. The lowest BCUT2D eigenvalue weighted by Gasteiger charge is -2.41. The second-order valence-corrected chi connectivity index (χ2v) is 3.64. The van der Waals surface area contributed by atoms with E-state index in [1.165, 1.54) is 21.3 Å². The average Bonchev–Trinajstić information content (AvgIpc) is 2.41. The van der Waals surface area contributed by atoms with Crippen molar-refractivity contribution in [3.8, 4) is 0 Å². The highest BCUT2D eigenvalue weighted by Crippen LogP contribution is 2.36. The van der Waals surface area contributed by atoms with E-state index in [4.69, 9.17) is 19.9 Å². The molecule has 0 aliphatic rings. The summed E-state index contributed by atoms with van der Waals surface area (Å²) in [7, 11) is 3.80. The van der Waals surface area contributed by atoms with Gasteiger partial charge in [-0.2, -0.15) is 0 Å². The maximum atomic E-state index is 11.4. The van der Waals surface area contributed by atoms with Crippen LogP contribution in [-0.4, -0.2) is 38.1 Å². The number of rotatable bonds is 6. The predicted octanol–water partition coefficient (Wildman–Crippen LogP) is 0.518. The molecule has 18 heavy (non-hydrogen) atoms. The van der Waals surface area contributed by atoms with E-state index in [1.54, 1.807) is 30.3 Å². The zero-order valence-electron chi connectivity index (χ0n) is 10.5. The van der Waals surface area contributed by atoms with Crippen molar-refractivity contribution in [2.75, 3.05) is 21.3 Å². The summed E-state index contributed by atoms with van der Waals surface area (Å²) in [6.45, 7) is 0. The molecule has 1 aromatic carbocycles. The Morgan fingerprint density at radius 2 is 1.61 bits per heavy atom. The zero-order chi connectivity index (χ0) is 13.8. The Morgan fingerprint density at radius 3 is 1.94 bits per heavy atom. The van der Waals surface area contributed by atoms with Crippen molar-refractivity contribution in [1.29, 1.82) is 0 Å². The van der Waals surface area contributed by atoms with Crippen molar-refractivity contribution >= 4 is 5.97 Å². The first-order chi connectivity index (χ1) is 8.48. The zero-order valence-corrected chi connectivity index (χ0v) is 10.5. The summed E-state index contributed by atoms with van der Waals surface area (Å²) in [5, 5.41) is 9.28. The molecule has 1 aromatic rings. The van der Waals surface area contributed by atoms with E-state index in [0.29, 0.717) is 5.56 Å². The number of aliphatic carboxylic acids is 1. The van der Waals surface area contributed by atoms with E-state index < -0.39 is 17.5 Å². The number of carboxylic acids is 1. The largest absolute Gasteiger partial charge is 0.478 e. The fourth-order valence-corrected chi connectivity index (χ4v) is 1.86. The third-order valence-corrected chi connectivity index (χ3v) is 2.86. The van der Waals surface area contributed by atoms with E-state index in [9.17, 15) is 9.90 Å². The van der Waals surface area contributed by atoms with Gasteiger partial charge in [0.05, 0.1) is 0 Å². The summed E-state index contributed by atoms with van der Waals surface area (Å²) in [6.07, 6.45) is 0. The first-order valence-electron chi connectivity index (χ1n) is 5.21. The highest BCUT2D eigenvalue weighted by molar-refractivity contribution is 5.78. The molecule has 0 unspecified atom stereocenters. The summed E-state index contributed by atoms with van der Waals surface area (Å²) in [4.78, 5) is 11.4. The van der Waals surface area contributed by atoms with Gasteiger partial charge in [-0.05, 0) is 0 Å². The van der Waals surface area contributed by atoms with E-state index in [1.807, 2.05) is 0 Å². The van der Waals surface area contributed by atoms with Crippen LogP contribution < -0.4 is 5.73 Å². The van der Waals surface area contributed by atoms with Gasteiger partial charge < -0.3 is 19.3 Å². The number of nitrogens with two attached hydrogens (primary N) is 1. The van der Waals surface area contributed by atoms with Crippen LogP contribution in [0.2, 0.25) is 0 Å². The molecule has 0 aliphatic carbocycles. The van der Waals surface area contributed by atoms with Gasteiger partial charge in [-0.25, -0.2) is 4.79 Å². The smallest absolute Gasteiger partial charge is 0.357 e. The topological polar surface area (TPSA) is 91.0 Å². The van der Waals surface area contributed by atoms with E-state index in [0.717, 1.165) is 0 Å². The molecular weight excluding hydrogens is 238 g/mol. The molecular formula is C12H17NO5. The lowest BCUT2D eigenvalue weighted by Crippen LogP contribution is -2.66. The van der Waals surface area contributed by atoms with Gasteiger partial charge in [0.1, 0.15) is 0 Å². The van der Waals surface area contributed by atoms with Gasteiger partial charge in [0.2, 0.25) is 5.79 Å². The molecule has 0 saturated carbocycles. The van der Waals surface area contributed by atoms with Crippen molar-refractivity contribution < 1.29 is 24.1 Å². The first-order valence-corrected chi connectivity index (χ1v) is 5.21. The number of ether oxygens (including phenoxy) is 3. The van der Waals surface area contributed by atoms with Crippen LogP contribution in [0.5, 0.6) is 0 Å². The Bertz CT molecular complexity index is 404. The molecule has 0 fully saturated rings. The molecule has 1 atom stereocenters. The van der Waals surface area contributed by atoms with Gasteiger partial charge in [-0.15, -0.1) is 0 Å². The van der Waals surface area contributed by atoms with E-state index in [-0.39, 0.29) is 0 Å². The fraction of sp³-hybridized carbons (Fsp3) is 0.417. The Hall–Kier alpha value is -1.47. The van der Waals surface area contributed by atoms with Crippen LogP contribution in [-0.2, 0) is 24.8 Å². The number of methoxy groups -OCH3 is 3. The normalized spacial score (nSPS) is 15.1. The molecule has 3 N–H and O–H groups in total. The maximum Gasteiger partial charge on any atom is 0.357 e. The minimum Gasteiger partial charge on any atom is -0.478 e. The molecule has 0 spiro atoms. The lowest BCUT2D eigenvalue weighted by molar-refractivity contribution is -0.311. The maximum absolute atomic E-state index is 11.4. The first kappa shape index (κ1) is 14.6. The second kappa shape index (κ2) is 5.45. The van der Waals surface area contributed by atoms with Crippen molar-refractivity contribution in [2.24, 2.45) is 5.73 Å². The third kappa shape index (κ3) is 1.99. The minimum absolute atomic E-state index is 0.446. The van der Waals surface area contributed by atoms with Crippen LogP contribution >= 0.6 is 0 Å². The van der Waals surface area contributed by atoms with Crippen molar-refractivity contribution in [1.82, 2.24) is 0 Å². The number of hydrogen-bond acceptors (Lipinski definition) is 5. The quantitative estimate of drug-likeness (QED) is 0.720. The van der Waals surface area contributed by atoms with Crippen LogP contribution in [0.25, 0.3) is 0 Å². The molecule has 6 nitrogen and oxygen atoms in total. The Morgan fingerprint density at radius 1 is 1.11 bits per heavy atom. The Labute approximate surface area is 105 Å². The molecule has 100 valence electrons. The lowest BCUT2D eigenvalue weighted by atomic mass is 9.94. The molecule has 6 heteroatoms. The van der Waals surface area contributed by atoms with Crippen molar-refractivity contribution in [2.45, 2.75) is 11.5 Å².